The zero-order valence-corrected chi connectivity index (χ0v) is 13.6. The maximum Gasteiger partial charge on any atom is 0.223 e. The van der Waals surface area contributed by atoms with Crippen molar-refractivity contribution in [1.29, 1.82) is 0 Å². The monoisotopic (exact) mass is 317 g/mol. The van der Waals surface area contributed by atoms with E-state index in [1.165, 1.54) is 17.7 Å². The van der Waals surface area contributed by atoms with Crippen LogP contribution in [-0.2, 0) is 11.2 Å². The molecule has 2 aliphatic rings. The number of para-hydroxylation sites is 1. The Morgan fingerprint density at radius 2 is 2.17 bits per heavy atom. The summed E-state index contributed by atoms with van der Waals surface area (Å²) in [5, 5.41) is 12.6. The van der Waals surface area contributed by atoms with Gasteiger partial charge in [0.2, 0.25) is 5.91 Å². The van der Waals surface area contributed by atoms with Gasteiger partial charge in [-0.1, -0.05) is 18.2 Å². The summed E-state index contributed by atoms with van der Waals surface area (Å²) in [4.78, 5) is 14.5. The zero-order valence-electron chi connectivity index (χ0n) is 13.6. The molecule has 0 radical (unpaired) electrons. The fourth-order valence-corrected chi connectivity index (χ4v) is 3.73. The minimum Gasteiger partial charge on any atom is -0.391 e. The zero-order chi connectivity index (χ0) is 16.2. The highest BCUT2D eigenvalue weighted by Gasteiger charge is 2.34. The molecule has 3 rings (SSSR count). The van der Waals surface area contributed by atoms with Gasteiger partial charge >= 0.3 is 0 Å². The Balaban J connectivity index is 1.42. The van der Waals surface area contributed by atoms with Crippen LogP contribution in [0.3, 0.4) is 0 Å². The van der Waals surface area contributed by atoms with Gasteiger partial charge in [-0.3, -0.25) is 4.79 Å². The standard InChI is InChI=1S/C18H27N3O2/c19-15-11-14(12-17(15)22)18(23)20-8-4-10-21-9-3-6-13-5-1-2-7-16(13)21/h1-2,5,7,14-15,17,22H,3-4,6,8-12,19H2,(H,20,23)/t14-,15-,17-/m0/s1. The molecule has 1 saturated carbocycles. The van der Waals surface area contributed by atoms with Crippen molar-refractivity contribution in [1.82, 2.24) is 5.32 Å². The minimum atomic E-state index is -0.532. The van der Waals surface area contributed by atoms with Gasteiger partial charge in [0.25, 0.3) is 0 Å². The largest absolute Gasteiger partial charge is 0.391 e. The Morgan fingerprint density at radius 1 is 1.35 bits per heavy atom. The molecule has 4 N–H and O–H groups in total. The number of benzene rings is 1. The summed E-state index contributed by atoms with van der Waals surface area (Å²) in [5.74, 6) is -0.0910. The highest BCUT2D eigenvalue weighted by molar-refractivity contribution is 5.79. The van der Waals surface area contributed by atoms with E-state index in [4.69, 9.17) is 5.73 Å². The second kappa shape index (κ2) is 7.32. The summed E-state index contributed by atoms with van der Waals surface area (Å²) in [6, 6.07) is 8.33. The number of nitrogens with zero attached hydrogens (tertiary/aromatic N) is 1. The summed E-state index contributed by atoms with van der Waals surface area (Å²) in [5.41, 5.74) is 8.54. The van der Waals surface area contributed by atoms with E-state index in [1.54, 1.807) is 0 Å². The van der Waals surface area contributed by atoms with Gasteiger partial charge in [0.05, 0.1) is 6.10 Å². The van der Waals surface area contributed by atoms with Crippen LogP contribution in [-0.4, -0.2) is 42.8 Å². The van der Waals surface area contributed by atoms with Gasteiger partial charge in [0.15, 0.2) is 0 Å². The van der Waals surface area contributed by atoms with Crippen molar-refractivity contribution in [2.45, 2.75) is 44.2 Å². The highest BCUT2D eigenvalue weighted by Crippen LogP contribution is 2.27. The molecule has 126 valence electrons. The maximum absolute atomic E-state index is 12.1. The van der Waals surface area contributed by atoms with Crippen molar-refractivity contribution in [3.8, 4) is 0 Å². The van der Waals surface area contributed by atoms with Gasteiger partial charge in [0, 0.05) is 37.3 Å². The summed E-state index contributed by atoms with van der Waals surface area (Å²) in [6.07, 6.45) is 3.84. The molecule has 0 bridgehead atoms. The van der Waals surface area contributed by atoms with Crippen LogP contribution in [0.2, 0.25) is 0 Å². The van der Waals surface area contributed by atoms with E-state index < -0.39 is 6.10 Å². The first-order chi connectivity index (χ1) is 11.1. The van der Waals surface area contributed by atoms with Gasteiger partial charge in [-0.15, -0.1) is 0 Å². The van der Waals surface area contributed by atoms with Gasteiger partial charge < -0.3 is 21.1 Å². The molecule has 1 fully saturated rings. The third-order valence-electron chi connectivity index (χ3n) is 5.06. The van der Waals surface area contributed by atoms with Crippen molar-refractivity contribution in [2.24, 2.45) is 11.7 Å². The topological polar surface area (TPSA) is 78.6 Å². The number of aliphatic hydroxyl groups is 1. The molecular weight excluding hydrogens is 290 g/mol. The Labute approximate surface area is 137 Å². The van der Waals surface area contributed by atoms with E-state index in [-0.39, 0.29) is 17.9 Å². The second-order valence-electron chi connectivity index (χ2n) is 6.76. The molecule has 0 unspecified atom stereocenters. The predicted molar refractivity (Wildman–Crippen MR) is 91.3 cm³/mol. The Morgan fingerprint density at radius 3 is 2.96 bits per heavy atom. The highest BCUT2D eigenvalue weighted by atomic mass is 16.3. The number of hydrogen-bond donors (Lipinski definition) is 3. The van der Waals surface area contributed by atoms with E-state index >= 15 is 0 Å². The number of fused-ring (bicyclic) bond motifs is 1. The lowest BCUT2D eigenvalue weighted by atomic mass is 10.0. The van der Waals surface area contributed by atoms with Crippen molar-refractivity contribution in [3.05, 3.63) is 29.8 Å². The molecule has 1 aliphatic heterocycles. The smallest absolute Gasteiger partial charge is 0.223 e. The van der Waals surface area contributed by atoms with Crippen LogP contribution >= 0.6 is 0 Å². The summed E-state index contributed by atoms with van der Waals surface area (Å²) in [7, 11) is 0. The number of nitrogens with one attached hydrogen (secondary N) is 1. The lowest BCUT2D eigenvalue weighted by Gasteiger charge is -2.31. The number of rotatable bonds is 5. The van der Waals surface area contributed by atoms with Crippen LogP contribution in [0.1, 0.15) is 31.2 Å². The number of anilines is 1. The molecule has 0 saturated heterocycles. The molecule has 0 spiro atoms. The molecule has 1 heterocycles. The predicted octanol–water partition coefficient (Wildman–Crippen LogP) is 1.04. The van der Waals surface area contributed by atoms with Crippen LogP contribution in [0, 0.1) is 5.92 Å². The molecule has 3 atom stereocenters. The molecule has 5 nitrogen and oxygen atoms in total. The number of amides is 1. The Bertz CT molecular complexity index is 539. The number of hydrogen-bond acceptors (Lipinski definition) is 4. The lowest BCUT2D eigenvalue weighted by molar-refractivity contribution is -0.125. The van der Waals surface area contributed by atoms with Crippen molar-refractivity contribution in [3.63, 3.8) is 0 Å². The first-order valence-electron chi connectivity index (χ1n) is 8.69. The van der Waals surface area contributed by atoms with E-state index in [1.807, 2.05) is 0 Å². The number of carbonyl (C=O) groups excluding carboxylic acids is 1. The van der Waals surface area contributed by atoms with Crippen LogP contribution < -0.4 is 16.0 Å². The van der Waals surface area contributed by atoms with Gasteiger partial charge in [-0.05, 0) is 43.7 Å². The van der Waals surface area contributed by atoms with Crippen LogP contribution in [0.15, 0.2) is 24.3 Å². The Kier molecular flexibility index (Phi) is 5.18. The maximum atomic E-state index is 12.1. The molecule has 1 aromatic carbocycles. The average molecular weight is 317 g/mol. The molecule has 0 aromatic heterocycles. The first kappa shape index (κ1) is 16.3. The first-order valence-corrected chi connectivity index (χ1v) is 8.69. The van der Waals surface area contributed by atoms with Crippen molar-refractivity contribution >= 4 is 11.6 Å². The number of aliphatic hydroxyl groups excluding tert-OH is 1. The molecule has 1 aromatic rings. The number of carbonyl (C=O) groups is 1. The van der Waals surface area contributed by atoms with E-state index in [9.17, 15) is 9.90 Å². The molecule has 1 aliphatic carbocycles. The fourth-order valence-electron chi connectivity index (χ4n) is 3.73. The second-order valence-corrected chi connectivity index (χ2v) is 6.76. The van der Waals surface area contributed by atoms with Crippen molar-refractivity contribution in [2.75, 3.05) is 24.5 Å². The van der Waals surface area contributed by atoms with E-state index in [0.29, 0.717) is 19.4 Å². The number of nitrogens with two attached hydrogens (primary N) is 1. The van der Waals surface area contributed by atoms with E-state index in [2.05, 4.69) is 34.5 Å². The summed E-state index contributed by atoms with van der Waals surface area (Å²) < 4.78 is 0. The van der Waals surface area contributed by atoms with Gasteiger partial charge in [-0.25, -0.2) is 0 Å². The summed E-state index contributed by atoms with van der Waals surface area (Å²) >= 11 is 0. The van der Waals surface area contributed by atoms with Crippen LogP contribution in [0.4, 0.5) is 5.69 Å². The number of aryl methyl sites for hydroxylation is 1. The van der Waals surface area contributed by atoms with Crippen LogP contribution in [0.5, 0.6) is 0 Å². The molecule has 5 heteroatoms. The van der Waals surface area contributed by atoms with E-state index in [0.717, 1.165) is 25.9 Å². The third kappa shape index (κ3) is 3.85. The molecule has 23 heavy (non-hydrogen) atoms. The normalized spacial score (nSPS) is 26.9. The quantitative estimate of drug-likeness (QED) is 0.709. The van der Waals surface area contributed by atoms with Gasteiger partial charge in [-0.2, -0.15) is 0 Å². The SMILES string of the molecule is N[C@H]1C[C@H](C(=O)NCCCN2CCCc3ccccc32)C[C@@H]1O. The molecule has 1 amide bonds. The van der Waals surface area contributed by atoms with Crippen molar-refractivity contribution < 1.29 is 9.90 Å². The Hall–Kier alpha value is -1.59. The fraction of sp³-hybridized carbons (Fsp3) is 0.611. The average Bonchev–Trinajstić information content (AvgIpc) is 2.91. The lowest BCUT2D eigenvalue weighted by Crippen LogP contribution is -2.35. The minimum absolute atomic E-state index is 0.0380. The van der Waals surface area contributed by atoms with Gasteiger partial charge in [0.1, 0.15) is 0 Å². The summed E-state index contributed by atoms with van der Waals surface area (Å²) in [6.45, 7) is 2.73. The third-order valence-corrected chi connectivity index (χ3v) is 5.06. The van der Waals surface area contributed by atoms with Crippen LogP contribution in [0.25, 0.3) is 0 Å². The molecular formula is C18H27N3O2.